The summed E-state index contributed by atoms with van der Waals surface area (Å²) in [4.78, 5) is 4.17. The number of hydrogen-bond donors (Lipinski definition) is 0. The van der Waals surface area contributed by atoms with Crippen molar-refractivity contribution in [1.29, 1.82) is 0 Å². The number of pyridine rings is 1. The summed E-state index contributed by atoms with van der Waals surface area (Å²) in [5.74, 6) is 0. The van der Waals surface area contributed by atoms with Gasteiger partial charge in [-0.05, 0) is 28.5 Å². The zero-order chi connectivity index (χ0) is 11.0. The molecule has 0 saturated carbocycles. The molecule has 1 aromatic heterocycles. The van der Waals surface area contributed by atoms with E-state index in [9.17, 15) is 0 Å². The van der Waals surface area contributed by atoms with E-state index in [0.29, 0.717) is 0 Å². The highest BCUT2D eigenvalue weighted by atomic mass is 31.0. The van der Waals surface area contributed by atoms with E-state index in [1.54, 1.807) is 0 Å². The van der Waals surface area contributed by atoms with Crippen LogP contribution in [0.5, 0.6) is 0 Å². The lowest BCUT2D eigenvalue weighted by molar-refractivity contribution is 0.364. The molecular weight excluding hydrogens is 188 g/mol. The van der Waals surface area contributed by atoms with Gasteiger partial charge in [0.05, 0.1) is 7.85 Å². The van der Waals surface area contributed by atoms with Crippen LogP contribution >= 0.6 is 9.24 Å². The van der Waals surface area contributed by atoms with Crippen LogP contribution < -0.4 is 0 Å². The van der Waals surface area contributed by atoms with Gasteiger partial charge in [-0.25, -0.2) is 0 Å². The lowest BCUT2D eigenvalue weighted by Gasteiger charge is -2.39. The summed E-state index contributed by atoms with van der Waals surface area (Å²) in [5.41, 5.74) is 2.20. The Hall–Kier alpha value is -0.355. The number of rotatable bonds is 1. The molecule has 0 aliphatic rings. The van der Waals surface area contributed by atoms with Gasteiger partial charge in [-0.2, -0.15) is 0 Å². The molecule has 3 heteroatoms. The Bertz CT molecular complexity index is 328. The van der Waals surface area contributed by atoms with E-state index in [1.165, 1.54) is 0 Å². The highest BCUT2D eigenvalue weighted by Gasteiger charge is 2.34. The fourth-order valence-electron chi connectivity index (χ4n) is 1.21. The normalized spacial score (nSPS) is 16.4. The van der Waals surface area contributed by atoms with Crippen LogP contribution in [0, 0.1) is 12.3 Å². The van der Waals surface area contributed by atoms with E-state index in [0.717, 1.165) is 11.1 Å². The van der Waals surface area contributed by atoms with E-state index >= 15 is 0 Å². The molecule has 0 aliphatic carbocycles. The maximum atomic E-state index is 6.31. The number of hydrogen-bond acceptors (Lipinski definition) is 1. The van der Waals surface area contributed by atoms with Gasteiger partial charge < -0.3 is 0 Å². The number of aryl methyl sites for hydroxylation is 1. The summed E-state index contributed by atoms with van der Waals surface area (Å²) in [6, 6.07) is 2.09. The topological polar surface area (TPSA) is 12.9 Å². The maximum absolute atomic E-state index is 6.31. The standard InChI is InChI=1S/C11H17BNP/c1-8-5-9(7-13-6-8)11(12,14)10(2,3)4/h5-7H,14H2,1-4H3. The zero-order valence-corrected chi connectivity index (χ0v) is 10.5. The Balaban J connectivity index is 3.16. The monoisotopic (exact) mass is 205 g/mol. The Labute approximate surface area is 90.3 Å². The van der Waals surface area contributed by atoms with Gasteiger partial charge in [-0.1, -0.05) is 26.8 Å². The largest absolute Gasteiger partial charge is 0.264 e. The van der Waals surface area contributed by atoms with Gasteiger partial charge in [0.25, 0.3) is 0 Å². The fourth-order valence-corrected chi connectivity index (χ4v) is 1.37. The van der Waals surface area contributed by atoms with E-state index in [1.807, 2.05) is 19.3 Å². The summed E-state index contributed by atoms with van der Waals surface area (Å²) in [5, 5.41) is -0.425. The van der Waals surface area contributed by atoms with Gasteiger partial charge in [-0.15, -0.1) is 9.24 Å². The van der Waals surface area contributed by atoms with Crippen LogP contribution in [-0.4, -0.2) is 12.8 Å². The average molecular weight is 205 g/mol. The number of nitrogens with zero attached hydrogens (tertiary/aromatic N) is 1. The van der Waals surface area contributed by atoms with Crippen LogP contribution in [0.4, 0.5) is 0 Å². The molecule has 2 unspecified atom stereocenters. The minimum absolute atomic E-state index is 0.00681. The van der Waals surface area contributed by atoms with Crippen molar-refractivity contribution in [3.05, 3.63) is 29.6 Å². The predicted octanol–water partition coefficient (Wildman–Crippen LogP) is 2.63. The Morgan fingerprint density at radius 1 is 1.29 bits per heavy atom. The van der Waals surface area contributed by atoms with Crippen molar-refractivity contribution in [2.45, 2.75) is 32.8 Å². The van der Waals surface area contributed by atoms with Crippen LogP contribution in [0.2, 0.25) is 0 Å². The van der Waals surface area contributed by atoms with Crippen LogP contribution in [0.1, 0.15) is 31.9 Å². The van der Waals surface area contributed by atoms with Crippen LogP contribution in [0.25, 0.3) is 0 Å². The third kappa shape index (κ3) is 2.17. The third-order valence-corrected chi connectivity index (χ3v) is 3.79. The third-order valence-electron chi connectivity index (χ3n) is 2.59. The SMILES string of the molecule is [B]C(P)(c1cncc(C)c1)C(C)(C)C. The van der Waals surface area contributed by atoms with Crippen molar-refractivity contribution in [2.24, 2.45) is 5.41 Å². The lowest BCUT2D eigenvalue weighted by Crippen LogP contribution is -2.34. The maximum Gasteiger partial charge on any atom is 0.0875 e. The van der Waals surface area contributed by atoms with Crippen molar-refractivity contribution in [2.75, 3.05) is 0 Å². The second-order valence-electron chi connectivity index (χ2n) is 4.87. The molecule has 1 nitrogen and oxygen atoms in total. The Kier molecular flexibility index (Phi) is 3.06. The second-order valence-corrected chi connectivity index (χ2v) is 5.78. The van der Waals surface area contributed by atoms with Gasteiger partial charge in [0.2, 0.25) is 0 Å². The smallest absolute Gasteiger partial charge is 0.0875 e. The van der Waals surface area contributed by atoms with Crippen molar-refractivity contribution in [3.8, 4) is 0 Å². The minimum atomic E-state index is -0.425. The highest BCUT2D eigenvalue weighted by Crippen LogP contribution is 2.43. The molecule has 0 spiro atoms. The van der Waals surface area contributed by atoms with Crippen molar-refractivity contribution >= 4 is 17.1 Å². The van der Waals surface area contributed by atoms with Gasteiger partial charge in [0.15, 0.2) is 0 Å². The first-order valence-corrected chi connectivity index (χ1v) is 5.33. The fraction of sp³-hybridized carbons (Fsp3) is 0.545. The van der Waals surface area contributed by atoms with Gasteiger partial charge in [0, 0.05) is 12.4 Å². The molecule has 74 valence electrons. The summed E-state index contributed by atoms with van der Waals surface area (Å²) >= 11 is 0. The molecule has 0 amide bonds. The Morgan fingerprint density at radius 3 is 2.29 bits per heavy atom. The quantitative estimate of drug-likeness (QED) is 0.507. The first kappa shape index (κ1) is 11.7. The minimum Gasteiger partial charge on any atom is -0.264 e. The van der Waals surface area contributed by atoms with E-state index < -0.39 is 5.06 Å². The van der Waals surface area contributed by atoms with E-state index in [2.05, 4.69) is 41.1 Å². The average Bonchev–Trinajstić information content (AvgIpc) is 2.02. The van der Waals surface area contributed by atoms with Crippen LogP contribution in [0.15, 0.2) is 18.5 Å². The molecule has 1 aromatic rings. The van der Waals surface area contributed by atoms with Crippen LogP contribution in [-0.2, 0) is 5.06 Å². The van der Waals surface area contributed by atoms with Crippen LogP contribution in [0.3, 0.4) is 0 Å². The summed E-state index contributed by atoms with van der Waals surface area (Å²) < 4.78 is 0. The summed E-state index contributed by atoms with van der Waals surface area (Å²) in [6.45, 7) is 8.41. The summed E-state index contributed by atoms with van der Waals surface area (Å²) in [7, 11) is 9.04. The molecule has 1 rings (SSSR count). The van der Waals surface area contributed by atoms with Gasteiger partial charge in [-0.3, -0.25) is 4.98 Å². The van der Waals surface area contributed by atoms with E-state index in [-0.39, 0.29) is 5.41 Å². The first-order valence-electron chi connectivity index (χ1n) is 4.75. The van der Waals surface area contributed by atoms with Gasteiger partial charge in [0.1, 0.15) is 0 Å². The molecule has 0 fully saturated rings. The number of aromatic nitrogens is 1. The molecule has 2 atom stereocenters. The summed E-state index contributed by atoms with van der Waals surface area (Å²) in [6.07, 6.45) is 3.68. The molecule has 0 saturated heterocycles. The molecule has 0 aliphatic heterocycles. The molecule has 0 aromatic carbocycles. The van der Waals surface area contributed by atoms with E-state index in [4.69, 9.17) is 7.85 Å². The van der Waals surface area contributed by atoms with Crippen molar-refractivity contribution in [3.63, 3.8) is 0 Å². The predicted molar refractivity (Wildman–Crippen MR) is 65.6 cm³/mol. The highest BCUT2D eigenvalue weighted by molar-refractivity contribution is 7.21. The first-order chi connectivity index (χ1) is 6.25. The molecule has 2 radical (unpaired) electrons. The Morgan fingerprint density at radius 2 is 1.86 bits per heavy atom. The molecule has 14 heavy (non-hydrogen) atoms. The van der Waals surface area contributed by atoms with Crippen molar-refractivity contribution < 1.29 is 0 Å². The molecule has 0 bridgehead atoms. The molecule has 0 N–H and O–H groups in total. The van der Waals surface area contributed by atoms with Gasteiger partial charge >= 0.3 is 0 Å². The molecule has 1 heterocycles. The zero-order valence-electron chi connectivity index (χ0n) is 9.33. The molecular formula is C11H17BNP. The van der Waals surface area contributed by atoms with Crippen molar-refractivity contribution in [1.82, 2.24) is 4.98 Å². The lowest BCUT2D eigenvalue weighted by atomic mass is 9.64. The second kappa shape index (κ2) is 3.66.